The fraction of sp³-hybridized carbons (Fsp3) is 0.222. The number of carbonyl (C=O) groups is 1. The van der Waals surface area contributed by atoms with E-state index in [-0.39, 0.29) is 11.6 Å². The van der Waals surface area contributed by atoms with Gasteiger partial charge in [-0.1, -0.05) is 0 Å². The standard InChI is InChI=1S/C9H10FNO2S/c10-6-1-3-7(4-2-6)14-5-8(11)9(12)13/h1-4,8H,5,11H2,(H,12,13). The van der Waals surface area contributed by atoms with Crippen LogP contribution in [-0.4, -0.2) is 22.9 Å². The smallest absolute Gasteiger partial charge is 0.321 e. The van der Waals surface area contributed by atoms with E-state index in [0.29, 0.717) is 0 Å². The minimum Gasteiger partial charge on any atom is -0.480 e. The van der Waals surface area contributed by atoms with Crippen molar-refractivity contribution in [2.24, 2.45) is 5.73 Å². The van der Waals surface area contributed by atoms with Gasteiger partial charge in [-0.15, -0.1) is 11.8 Å². The molecule has 0 radical (unpaired) electrons. The summed E-state index contributed by atoms with van der Waals surface area (Å²) in [5.74, 6) is -1.06. The second-order valence-corrected chi connectivity index (χ2v) is 3.80. The van der Waals surface area contributed by atoms with Crippen molar-refractivity contribution in [1.29, 1.82) is 0 Å². The first kappa shape index (κ1) is 11.0. The topological polar surface area (TPSA) is 63.3 Å². The molecule has 0 spiro atoms. The van der Waals surface area contributed by atoms with Crippen LogP contribution in [0.25, 0.3) is 0 Å². The minimum atomic E-state index is -1.03. The second-order valence-electron chi connectivity index (χ2n) is 2.71. The highest BCUT2D eigenvalue weighted by Crippen LogP contribution is 2.18. The highest BCUT2D eigenvalue weighted by Gasteiger charge is 2.11. The number of hydrogen-bond donors (Lipinski definition) is 2. The van der Waals surface area contributed by atoms with Gasteiger partial charge in [0.15, 0.2) is 0 Å². The largest absolute Gasteiger partial charge is 0.480 e. The number of thioether (sulfide) groups is 1. The molecule has 0 heterocycles. The number of carboxylic acid groups (broad SMARTS) is 1. The Kier molecular flexibility index (Phi) is 3.91. The minimum absolute atomic E-state index is 0.279. The van der Waals surface area contributed by atoms with Gasteiger partial charge in [-0.3, -0.25) is 4.79 Å². The predicted octanol–water partition coefficient (Wildman–Crippen LogP) is 1.33. The summed E-state index contributed by atoms with van der Waals surface area (Å²) in [5.41, 5.74) is 5.30. The molecule has 76 valence electrons. The van der Waals surface area contributed by atoms with Crippen molar-refractivity contribution in [1.82, 2.24) is 0 Å². The van der Waals surface area contributed by atoms with Gasteiger partial charge in [0.1, 0.15) is 11.9 Å². The number of rotatable bonds is 4. The Balaban J connectivity index is 2.46. The molecule has 0 saturated carbocycles. The van der Waals surface area contributed by atoms with Gasteiger partial charge >= 0.3 is 5.97 Å². The van der Waals surface area contributed by atoms with Gasteiger partial charge in [0.05, 0.1) is 0 Å². The van der Waals surface area contributed by atoms with Crippen molar-refractivity contribution in [3.63, 3.8) is 0 Å². The van der Waals surface area contributed by atoms with Gasteiger partial charge in [-0.05, 0) is 24.3 Å². The molecule has 0 aliphatic heterocycles. The molecule has 1 unspecified atom stereocenters. The zero-order valence-electron chi connectivity index (χ0n) is 7.31. The van der Waals surface area contributed by atoms with E-state index in [4.69, 9.17) is 10.8 Å². The molecule has 0 bridgehead atoms. The van der Waals surface area contributed by atoms with Crippen LogP contribution in [-0.2, 0) is 4.79 Å². The molecule has 5 heteroatoms. The molecule has 0 aliphatic rings. The molecule has 3 nitrogen and oxygen atoms in total. The first-order valence-corrected chi connectivity index (χ1v) is 4.95. The lowest BCUT2D eigenvalue weighted by atomic mass is 10.3. The van der Waals surface area contributed by atoms with E-state index >= 15 is 0 Å². The molecule has 0 aliphatic carbocycles. The van der Waals surface area contributed by atoms with Gasteiger partial charge in [-0.2, -0.15) is 0 Å². The summed E-state index contributed by atoms with van der Waals surface area (Å²) in [6.45, 7) is 0. The third-order valence-electron chi connectivity index (χ3n) is 1.56. The summed E-state index contributed by atoms with van der Waals surface area (Å²) in [4.78, 5) is 11.2. The number of benzene rings is 1. The number of aliphatic carboxylic acids is 1. The average Bonchev–Trinajstić information content (AvgIpc) is 2.16. The molecule has 1 atom stereocenters. The highest BCUT2D eigenvalue weighted by molar-refractivity contribution is 7.99. The Hall–Kier alpha value is -1.07. The van der Waals surface area contributed by atoms with Crippen LogP contribution in [0, 0.1) is 5.82 Å². The predicted molar refractivity (Wildman–Crippen MR) is 52.7 cm³/mol. The van der Waals surface area contributed by atoms with Crippen molar-refractivity contribution in [3.05, 3.63) is 30.1 Å². The van der Waals surface area contributed by atoms with Crippen LogP contribution in [0.3, 0.4) is 0 Å². The van der Waals surface area contributed by atoms with E-state index < -0.39 is 12.0 Å². The van der Waals surface area contributed by atoms with Gasteiger partial charge < -0.3 is 10.8 Å². The number of carboxylic acids is 1. The van der Waals surface area contributed by atoms with E-state index in [0.717, 1.165) is 4.90 Å². The monoisotopic (exact) mass is 215 g/mol. The lowest BCUT2D eigenvalue weighted by molar-refractivity contribution is -0.137. The Bertz CT molecular complexity index is 315. The van der Waals surface area contributed by atoms with Gasteiger partial charge in [-0.25, -0.2) is 4.39 Å². The molecule has 0 fully saturated rings. The van der Waals surface area contributed by atoms with Crippen molar-refractivity contribution < 1.29 is 14.3 Å². The lowest BCUT2D eigenvalue weighted by Gasteiger charge is -2.05. The maximum atomic E-state index is 12.5. The van der Waals surface area contributed by atoms with Crippen molar-refractivity contribution in [3.8, 4) is 0 Å². The fourth-order valence-corrected chi connectivity index (χ4v) is 1.63. The third kappa shape index (κ3) is 3.35. The third-order valence-corrected chi connectivity index (χ3v) is 2.69. The van der Waals surface area contributed by atoms with E-state index in [2.05, 4.69) is 0 Å². The van der Waals surface area contributed by atoms with E-state index in [9.17, 15) is 9.18 Å². The molecule has 0 saturated heterocycles. The zero-order chi connectivity index (χ0) is 10.6. The molecule has 14 heavy (non-hydrogen) atoms. The Morgan fingerprint density at radius 3 is 2.57 bits per heavy atom. The van der Waals surface area contributed by atoms with Gasteiger partial charge in [0.25, 0.3) is 0 Å². The summed E-state index contributed by atoms with van der Waals surface area (Å²) < 4.78 is 12.5. The van der Waals surface area contributed by atoms with Crippen LogP contribution in [0.4, 0.5) is 4.39 Å². The van der Waals surface area contributed by atoms with Crippen molar-refractivity contribution in [2.45, 2.75) is 10.9 Å². The average molecular weight is 215 g/mol. The van der Waals surface area contributed by atoms with E-state index in [1.54, 1.807) is 12.1 Å². The first-order valence-electron chi connectivity index (χ1n) is 3.96. The summed E-state index contributed by atoms with van der Waals surface area (Å²) >= 11 is 1.29. The fourth-order valence-electron chi connectivity index (χ4n) is 0.788. The number of nitrogens with two attached hydrogens (primary N) is 1. The molecule has 0 amide bonds. The van der Waals surface area contributed by atoms with E-state index in [1.807, 2.05) is 0 Å². The van der Waals surface area contributed by atoms with Crippen LogP contribution in [0.1, 0.15) is 0 Å². The molecule has 0 aromatic heterocycles. The van der Waals surface area contributed by atoms with Crippen molar-refractivity contribution in [2.75, 3.05) is 5.75 Å². The number of hydrogen-bond acceptors (Lipinski definition) is 3. The highest BCUT2D eigenvalue weighted by atomic mass is 32.2. The molecule has 1 aromatic rings. The molecule has 1 rings (SSSR count). The van der Waals surface area contributed by atoms with Gasteiger partial charge in [0.2, 0.25) is 0 Å². The molecular formula is C9H10FNO2S. The normalized spacial score (nSPS) is 12.4. The van der Waals surface area contributed by atoms with Crippen LogP contribution < -0.4 is 5.73 Å². The summed E-state index contributed by atoms with van der Waals surface area (Å²) in [7, 11) is 0. The summed E-state index contributed by atoms with van der Waals surface area (Å²) in [6, 6.07) is 4.96. The molecular weight excluding hydrogens is 205 g/mol. The van der Waals surface area contributed by atoms with Crippen LogP contribution in [0.5, 0.6) is 0 Å². The lowest BCUT2D eigenvalue weighted by Crippen LogP contribution is -2.32. The second kappa shape index (κ2) is 4.97. The SMILES string of the molecule is NC(CSc1ccc(F)cc1)C(=O)O. The first-order chi connectivity index (χ1) is 6.59. The van der Waals surface area contributed by atoms with E-state index in [1.165, 1.54) is 23.9 Å². The number of halogens is 1. The quantitative estimate of drug-likeness (QED) is 0.744. The Morgan fingerprint density at radius 2 is 2.07 bits per heavy atom. The van der Waals surface area contributed by atoms with Crippen LogP contribution in [0.15, 0.2) is 29.2 Å². The summed E-state index contributed by atoms with van der Waals surface area (Å²) in [6.07, 6.45) is 0. The zero-order valence-corrected chi connectivity index (χ0v) is 8.13. The Morgan fingerprint density at radius 1 is 1.50 bits per heavy atom. The van der Waals surface area contributed by atoms with Crippen LogP contribution >= 0.6 is 11.8 Å². The Labute approximate surface area is 85.1 Å². The van der Waals surface area contributed by atoms with Crippen LogP contribution in [0.2, 0.25) is 0 Å². The molecule has 3 N–H and O–H groups in total. The van der Waals surface area contributed by atoms with Gasteiger partial charge in [0, 0.05) is 10.6 Å². The molecule has 1 aromatic carbocycles. The van der Waals surface area contributed by atoms with Crippen molar-refractivity contribution >= 4 is 17.7 Å². The maximum absolute atomic E-state index is 12.5. The maximum Gasteiger partial charge on any atom is 0.321 e. The summed E-state index contributed by atoms with van der Waals surface area (Å²) in [5, 5.41) is 8.51.